The minimum absolute atomic E-state index is 0.103. The third kappa shape index (κ3) is 3.79. The summed E-state index contributed by atoms with van der Waals surface area (Å²) in [6.07, 6.45) is 1.70. The summed E-state index contributed by atoms with van der Waals surface area (Å²) in [5, 5.41) is 7.36. The maximum absolute atomic E-state index is 12.1. The molecular weight excluding hydrogens is 324 g/mol. The number of anilines is 1. The molecule has 2 aromatic heterocycles. The number of benzene rings is 1. The summed E-state index contributed by atoms with van der Waals surface area (Å²) in [4.78, 5) is 20.8. The molecule has 0 bridgehead atoms. The molecule has 0 spiro atoms. The van der Waals surface area contributed by atoms with Gasteiger partial charge in [-0.15, -0.1) is 0 Å². The molecule has 0 unspecified atom stereocenters. The smallest absolute Gasteiger partial charge is 0.227 e. The summed E-state index contributed by atoms with van der Waals surface area (Å²) < 4.78 is 6.23. The fourth-order valence-electron chi connectivity index (χ4n) is 2.25. The number of aryl methyl sites for hydroxylation is 2. The van der Waals surface area contributed by atoms with E-state index in [-0.39, 0.29) is 18.2 Å². The summed E-state index contributed by atoms with van der Waals surface area (Å²) in [6.45, 7) is 6.12. The number of hydrogen-bond acceptors (Lipinski definition) is 6. The predicted octanol–water partition coefficient (Wildman–Crippen LogP) is 3.94. The van der Waals surface area contributed by atoms with Crippen LogP contribution < -0.4 is 5.32 Å². The highest BCUT2D eigenvalue weighted by molar-refractivity contribution is 7.22. The largest absolute Gasteiger partial charge is 0.339 e. The van der Waals surface area contributed by atoms with E-state index in [2.05, 4.69) is 39.5 Å². The van der Waals surface area contributed by atoms with Gasteiger partial charge in [0.15, 0.2) is 11.0 Å². The van der Waals surface area contributed by atoms with Crippen molar-refractivity contribution >= 4 is 32.6 Å². The number of aromatic nitrogens is 3. The van der Waals surface area contributed by atoms with E-state index in [0.29, 0.717) is 23.3 Å². The number of fused-ring (bicyclic) bond motifs is 1. The van der Waals surface area contributed by atoms with Crippen molar-refractivity contribution in [3.8, 4) is 0 Å². The van der Waals surface area contributed by atoms with E-state index in [1.807, 2.05) is 19.9 Å². The van der Waals surface area contributed by atoms with Crippen LogP contribution in [-0.2, 0) is 17.6 Å². The zero-order valence-corrected chi connectivity index (χ0v) is 14.8. The molecule has 7 heteroatoms. The van der Waals surface area contributed by atoms with Crippen LogP contribution in [0.1, 0.15) is 50.4 Å². The van der Waals surface area contributed by atoms with Crippen LogP contribution in [0, 0.1) is 0 Å². The van der Waals surface area contributed by atoms with Gasteiger partial charge in [0, 0.05) is 18.8 Å². The minimum atomic E-state index is -0.103. The molecule has 0 aliphatic carbocycles. The molecule has 1 amide bonds. The molecule has 3 aromatic rings. The van der Waals surface area contributed by atoms with Crippen LogP contribution >= 0.6 is 11.3 Å². The van der Waals surface area contributed by atoms with Crippen molar-refractivity contribution in [2.24, 2.45) is 0 Å². The van der Waals surface area contributed by atoms with Crippen LogP contribution in [-0.4, -0.2) is 21.0 Å². The lowest BCUT2D eigenvalue weighted by atomic mass is 10.2. The van der Waals surface area contributed by atoms with Gasteiger partial charge in [0.1, 0.15) is 0 Å². The van der Waals surface area contributed by atoms with E-state index in [9.17, 15) is 4.79 Å². The lowest BCUT2D eigenvalue weighted by molar-refractivity contribution is -0.116. The number of carbonyl (C=O) groups is 1. The molecule has 0 radical (unpaired) electrons. The molecular formula is C17H20N4O2S. The van der Waals surface area contributed by atoms with Gasteiger partial charge in [0.05, 0.1) is 10.2 Å². The monoisotopic (exact) mass is 344 g/mol. The lowest BCUT2D eigenvalue weighted by Crippen LogP contribution is -2.12. The van der Waals surface area contributed by atoms with E-state index >= 15 is 0 Å². The highest BCUT2D eigenvalue weighted by Gasteiger charge is 2.13. The number of thiazole rings is 1. The highest BCUT2D eigenvalue weighted by atomic mass is 32.1. The molecule has 24 heavy (non-hydrogen) atoms. The van der Waals surface area contributed by atoms with Crippen LogP contribution in [0.15, 0.2) is 22.7 Å². The first-order valence-electron chi connectivity index (χ1n) is 8.07. The van der Waals surface area contributed by atoms with Gasteiger partial charge in [-0.1, -0.05) is 43.3 Å². The van der Waals surface area contributed by atoms with Gasteiger partial charge in [-0.05, 0) is 24.1 Å². The average molecular weight is 344 g/mol. The van der Waals surface area contributed by atoms with E-state index in [1.54, 1.807) is 0 Å². The highest BCUT2D eigenvalue weighted by Crippen LogP contribution is 2.27. The number of carbonyl (C=O) groups excluding carboxylic acids is 1. The summed E-state index contributed by atoms with van der Waals surface area (Å²) in [7, 11) is 0. The van der Waals surface area contributed by atoms with Gasteiger partial charge in [0.2, 0.25) is 11.8 Å². The standard InChI is InChI=1S/C17H20N4O2S/c1-4-11-5-6-12-13(9-11)24-17(18-12)19-14(22)7-8-15-20-16(10(2)3)21-23-15/h5-6,9-10H,4,7-8H2,1-3H3,(H,18,19,22). The van der Waals surface area contributed by atoms with E-state index < -0.39 is 0 Å². The molecule has 3 rings (SSSR count). The first-order valence-corrected chi connectivity index (χ1v) is 8.88. The Balaban J connectivity index is 1.59. The fourth-order valence-corrected chi connectivity index (χ4v) is 3.19. The van der Waals surface area contributed by atoms with Crippen molar-refractivity contribution in [3.05, 3.63) is 35.5 Å². The molecule has 1 aromatic carbocycles. The molecule has 0 saturated heterocycles. The van der Waals surface area contributed by atoms with Crippen LogP contribution in [0.25, 0.3) is 10.2 Å². The van der Waals surface area contributed by atoms with E-state index in [4.69, 9.17) is 4.52 Å². The average Bonchev–Trinajstić information content (AvgIpc) is 3.18. The normalized spacial score (nSPS) is 11.3. The van der Waals surface area contributed by atoms with Crippen molar-refractivity contribution < 1.29 is 9.32 Å². The van der Waals surface area contributed by atoms with Gasteiger partial charge in [-0.3, -0.25) is 4.79 Å². The topological polar surface area (TPSA) is 80.9 Å². The molecule has 126 valence electrons. The van der Waals surface area contributed by atoms with Crippen LogP contribution in [0.3, 0.4) is 0 Å². The number of hydrogen-bond donors (Lipinski definition) is 1. The Morgan fingerprint density at radius 1 is 1.33 bits per heavy atom. The molecule has 6 nitrogen and oxygen atoms in total. The predicted molar refractivity (Wildman–Crippen MR) is 94.3 cm³/mol. The van der Waals surface area contributed by atoms with Gasteiger partial charge in [0.25, 0.3) is 0 Å². The second-order valence-corrected chi connectivity index (χ2v) is 6.95. The second kappa shape index (κ2) is 7.09. The summed E-state index contributed by atoms with van der Waals surface area (Å²) in [5.41, 5.74) is 2.17. The van der Waals surface area contributed by atoms with E-state index in [0.717, 1.165) is 16.6 Å². The third-order valence-corrected chi connectivity index (χ3v) is 4.61. The maximum atomic E-state index is 12.1. The molecule has 0 aliphatic rings. The Hall–Kier alpha value is -2.28. The molecule has 0 aliphatic heterocycles. The Morgan fingerprint density at radius 2 is 2.17 bits per heavy atom. The van der Waals surface area contributed by atoms with Gasteiger partial charge < -0.3 is 9.84 Å². The maximum Gasteiger partial charge on any atom is 0.227 e. The number of rotatable bonds is 6. The summed E-state index contributed by atoms with van der Waals surface area (Å²) in [5.74, 6) is 1.27. The first-order chi connectivity index (χ1) is 11.5. The fraction of sp³-hybridized carbons (Fsp3) is 0.412. The first kappa shape index (κ1) is 16.6. The Kier molecular flexibility index (Phi) is 4.89. The number of nitrogens with zero attached hydrogens (tertiary/aromatic N) is 3. The van der Waals surface area contributed by atoms with Crippen molar-refractivity contribution in [3.63, 3.8) is 0 Å². The summed E-state index contributed by atoms with van der Waals surface area (Å²) >= 11 is 1.49. The Labute approximate surface area is 144 Å². The van der Waals surface area contributed by atoms with E-state index in [1.165, 1.54) is 16.9 Å². The quantitative estimate of drug-likeness (QED) is 0.732. The second-order valence-electron chi connectivity index (χ2n) is 5.92. The minimum Gasteiger partial charge on any atom is -0.339 e. The number of nitrogens with one attached hydrogen (secondary N) is 1. The zero-order chi connectivity index (χ0) is 17.1. The molecule has 2 heterocycles. The molecule has 0 fully saturated rings. The van der Waals surface area contributed by atoms with Crippen molar-refractivity contribution in [2.75, 3.05) is 5.32 Å². The SMILES string of the molecule is CCc1ccc2nc(NC(=O)CCc3nc(C(C)C)no3)sc2c1. The summed E-state index contributed by atoms with van der Waals surface area (Å²) in [6, 6.07) is 6.18. The molecule has 0 saturated carbocycles. The van der Waals surface area contributed by atoms with Crippen molar-refractivity contribution in [1.29, 1.82) is 0 Å². The van der Waals surface area contributed by atoms with Crippen LogP contribution in [0.5, 0.6) is 0 Å². The number of amides is 1. The third-order valence-electron chi connectivity index (χ3n) is 3.67. The zero-order valence-electron chi connectivity index (χ0n) is 14.0. The Bertz CT molecular complexity index is 853. The molecule has 0 atom stereocenters. The van der Waals surface area contributed by atoms with Crippen molar-refractivity contribution in [1.82, 2.24) is 15.1 Å². The van der Waals surface area contributed by atoms with Crippen molar-refractivity contribution in [2.45, 2.75) is 46.0 Å². The Morgan fingerprint density at radius 3 is 2.88 bits per heavy atom. The van der Waals surface area contributed by atoms with Gasteiger partial charge in [-0.2, -0.15) is 4.98 Å². The van der Waals surface area contributed by atoms with Gasteiger partial charge >= 0.3 is 0 Å². The van der Waals surface area contributed by atoms with Crippen LogP contribution in [0.4, 0.5) is 5.13 Å². The molecule has 1 N–H and O–H groups in total. The van der Waals surface area contributed by atoms with Crippen LogP contribution in [0.2, 0.25) is 0 Å². The van der Waals surface area contributed by atoms with Gasteiger partial charge in [-0.25, -0.2) is 4.98 Å². The lowest BCUT2D eigenvalue weighted by Gasteiger charge is -1.98.